The summed E-state index contributed by atoms with van der Waals surface area (Å²) >= 11 is 6.09. The molecule has 33 heavy (non-hydrogen) atoms. The first-order valence-electron chi connectivity index (χ1n) is 10.3. The molecule has 1 fully saturated rings. The Balaban J connectivity index is 1.54. The van der Waals surface area contributed by atoms with Crippen LogP contribution in [0.2, 0.25) is 5.02 Å². The predicted molar refractivity (Wildman–Crippen MR) is 125 cm³/mol. The molecule has 4 rings (SSSR count). The van der Waals surface area contributed by atoms with E-state index in [0.717, 1.165) is 5.76 Å². The van der Waals surface area contributed by atoms with Crippen molar-refractivity contribution in [2.45, 2.75) is 20.0 Å². The first-order valence-corrected chi connectivity index (χ1v) is 10.7. The van der Waals surface area contributed by atoms with Crippen molar-refractivity contribution in [2.75, 3.05) is 37.9 Å². The number of anilines is 3. The Kier molecular flexibility index (Phi) is 5.71. The van der Waals surface area contributed by atoms with Crippen LogP contribution in [0.5, 0.6) is 5.75 Å². The maximum Gasteiger partial charge on any atom is 0.258 e. The number of carbonyl (C=O) groups excluding carboxylic acids is 1. The quantitative estimate of drug-likeness (QED) is 0.353. The average molecular weight is 474 g/mol. The van der Waals surface area contributed by atoms with Gasteiger partial charge >= 0.3 is 0 Å². The molecule has 0 saturated carbocycles. The number of hydrogen-bond donors (Lipinski definition) is 3. The molecule has 1 unspecified atom stereocenters. The monoisotopic (exact) mass is 473 g/mol. The molecular weight excluding hydrogens is 450 g/mol. The Morgan fingerprint density at radius 3 is 2.48 bits per heavy atom. The summed E-state index contributed by atoms with van der Waals surface area (Å²) in [7, 11) is 3.05. The van der Waals surface area contributed by atoms with Gasteiger partial charge in [0.05, 0.1) is 17.3 Å². The van der Waals surface area contributed by atoms with E-state index in [1.54, 1.807) is 0 Å². The number of ether oxygens (including phenoxy) is 1. The number of benzene rings is 1. The number of phenolic OH excluding ortho intramolecular Hbond substituents is 1. The maximum atomic E-state index is 12.4. The van der Waals surface area contributed by atoms with Crippen LogP contribution >= 0.6 is 11.6 Å². The summed E-state index contributed by atoms with van der Waals surface area (Å²) in [6, 6.07) is 6.58. The van der Waals surface area contributed by atoms with Gasteiger partial charge in [-0.05, 0) is 31.2 Å². The van der Waals surface area contributed by atoms with Crippen molar-refractivity contribution < 1.29 is 19.1 Å². The molecule has 2 heterocycles. The van der Waals surface area contributed by atoms with Crippen LogP contribution in [-0.4, -0.2) is 43.2 Å². The number of halogens is 1. The molecule has 2 atom stereocenters. The van der Waals surface area contributed by atoms with E-state index in [1.807, 2.05) is 26.0 Å². The molecule has 174 valence electrons. The third-order valence-electron chi connectivity index (χ3n) is 5.82. The molecule has 1 aliphatic rings. The number of aryl methyl sites for hydroxylation is 1. The van der Waals surface area contributed by atoms with Gasteiger partial charge in [0.25, 0.3) is 16.8 Å². The van der Waals surface area contributed by atoms with Gasteiger partial charge in [0, 0.05) is 26.1 Å². The van der Waals surface area contributed by atoms with Crippen molar-refractivity contribution in [3.05, 3.63) is 66.8 Å². The van der Waals surface area contributed by atoms with Crippen molar-refractivity contribution in [3.8, 4) is 5.75 Å². The zero-order valence-corrected chi connectivity index (χ0v) is 19.4. The van der Waals surface area contributed by atoms with Crippen LogP contribution in [-0.2, 0) is 4.74 Å². The van der Waals surface area contributed by atoms with Crippen molar-refractivity contribution in [1.29, 1.82) is 0 Å². The Labute approximate surface area is 194 Å². The number of furan rings is 1. The Bertz CT molecular complexity index is 1310. The third-order valence-corrected chi connectivity index (χ3v) is 6.13. The molecular formula is C23H24ClN3O6. The van der Waals surface area contributed by atoms with Gasteiger partial charge in [-0.1, -0.05) is 18.5 Å². The lowest BCUT2D eigenvalue weighted by molar-refractivity contribution is -0.183. The second-order valence-corrected chi connectivity index (χ2v) is 9.11. The van der Waals surface area contributed by atoms with E-state index in [9.17, 15) is 19.5 Å². The fraction of sp³-hybridized carbons (Fsp3) is 0.348. The topological polar surface area (TPSA) is 121 Å². The van der Waals surface area contributed by atoms with Gasteiger partial charge in [-0.15, -0.1) is 0 Å². The highest BCUT2D eigenvalue weighted by Gasteiger charge is 2.47. The van der Waals surface area contributed by atoms with Gasteiger partial charge in [0.1, 0.15) is 34.6 Å². The Morgan fingerprint density at radius 1 is 1.21 bits per heavy atom. The van der Waals surface area contributed by atoms with Gasteiger partial charge < -0.3 is 29.8 Å². The second-order valence-electron chi connectivity index (χ2n) is 8.70. The maximum absolute atomic E-state index is 12.4. The molecule has 0 radical (unpaired) electrons. The summed E-state index contributed by atoms with van der Waals surface area (Å²) in [5.41, 5.74) is -1.63. The highest BCUT2D eigenvalue weighted by Crippen LogP contribution is 2.47. The number of aromatic hydroxyl groups is 1. The van der Waals surface area contributed by atoms with Crippen LogP contribution in [0.1, 0.15) is 34.9 Å². The van der Waals surface area contributed by atoms with Gasteiger partial charge in [-0.25, -0.2) is 0 Å². The summed E-state index contributed by atoms with van der Waals surface area (Å²) in [6.45, 7) is 4.65. The predicted octanol–water partition coefficient (Wildman–Crippen LogP) is 3.18. The number of hydrogen-bond acceptors (Lipinski definition) is 8. The van der Waals surface area contributed by atoms with Crippen molar-refractivity contribution in [2.24, 2.45) is 5.41 Å². The highest BCUT2D eigenvalue weighted by molar-refractivity contribution is 6.34. The van der Waals surface area contributed by atoms with Gasteiger partial charge in [0.15, 0.2) is 5.75 Å². The number of carbonyl (C=O) groups is 1. The van der Waals surface area contributed by atoms with Crippen LogP contribution in [0.25, 0.3) is 0 Å². The molecule has 3 aromatic rings. The van der Waals surface area contributed by atoms with E-state index in [1.165, 1.54) is 31.1 Å². The van der Waals surface area contributed by atoms with Crippen molar-refractivity contribution in [1.82, 2.24) is 4.90 Å². The zero-order chi connectivity index (χ0) is 24.1. The molecule has 0 bridgehead atoms. The molecule has 3 N–H and O–H groups in total. The van der Waals surface area contributed by atoms with E-state index in [2.05, 4.69) is 10.6 Å². The molecule has 1 saturated heterocycles. The van der Waals surface area contributed by atoms with Gasteiger partial charge in [-0.3, -0.25) is 14.4 Å². The van der Waals surface area contributed by atoms with Crippen LogP contribution in [0, 0.1) is 12.3 Å². The normalized spacial score (nSPS) is 19.8. The van der Waals surface area contributed by atoms with Crippen LogP contribution in [0.15, 0.2) is 38.3 Å². The van der Waals surface area contributed by atoms with E-state index >= 15 is 0 Å². The zero-order valence-electron chi connectivity index (χ0n) is 18.6. The molecule has 0 spiro atoms. The first kappa shape index (κ1) is 22.9. The number of rotatable bonds is 7. The summed E-state index contributed by atoms with van der Waals surface area (Å²) in [5.74, 6) is 0.574. The largest absolute Gasteiger partial charge is 0.505 e. The van der Waals surface area contributed by atoms with E-state index in [-0.39, 0.29) is 39.2 Å². The SMILES string of the molecule is Cc1ccc([C@@H]2OCC2(C)CNc2c(Nc3ccc(Cl)c(C(=O)N(C)C)c3O)c(=O)c2=O)o1. The summed E-state index contributed by atoms with van der Waals surface area (Å²) < 4.78 is 11.4. The Hall–Kier alpha value is -3.30. The molecule has 2 aromatic carbocycles. The molecule has 1 aromatic heterocycles. The van der Waals surface area contributed by atoms with Crippen molar-refractivity contribution in [3.63, 3.8) is 0 Å². The smallest absolute Gasteiger partial charge is 0.258 e. The molecule has 10 heteroatoms. The third kappa shape index (κ3) is 3.87. The van der Waals surface area contributed by atoms with Crippen LogP contribution in [0.4, 0.5) is 17.1 Å². The van der Waals surface area contributed by atoms with Gasteiger partial charge in [-0.2, -0.15) is 0 Å². The minimum Gasteiger partial charge on any atom is -0.505 e. The molecule has 1 aliphatic heterocycles. The number of phenols is 1. The number of amides is 1. The second kappa shape index (κ2) is 8.24. The average Bonchev–Trinajstić information content (AvgIpc) is 3.18. The standard InChI is InChI=1S/C23H24ClN3O6/c1-11-5-8-14(33-11)21-23(2,10-32-21)9-25-16-17(20(30)19(16)29)26-13-7-6-12(24)15(18(13)28)22(31)27(3)4/h5-8,21,25-26,28H,9-10H2,1-4H3/t21-,23?/m0/s1. The fourth-order valence-electron chi connectivity index (χ4n) is 3.81. The minimum atomic E-state index is -0.722. The van der Waals surface area contributed by atoms with Crippen LogP contribution < -0.4 is 21.5 Å². The summed E-state index contributed by atoms with van der Waals surface area (Å²) in [6.07, 6.45) is -0.276. The first-order chi connectivity index (χ1) is 15.5. The Morgan fingerprint density at radius 2 is 1.91 bits per heavy atom. The number of nitrogens with one attached hydrogen (secondary N) is 2. The summed E-state index contributed by atoms with van der Waals surface area (Å²) in [5, 5.41) is 16.5. The van der Waals surface area contributed by atoms with E-state index in [4.69, 9.17) is 20.8 Å². The highest BCUT2D eigenvalue weighted by atomic mass is 35.5. The lowest BCUT2D eigenvalue weighted by atomic mass is 9.78. The summed E-state index contributed by atoms with van der Waals surface area (Å²) in [4.78, 5) is 38.1. The molecule has 1 amide bonds. The van der Waals surface area contributed by atoms with Crippen LogP contribution in [0.3, 0.4) is 0 Å². The van der Waals surface area contributed by atoms with E-state index < -0.39 is 22.5 Å². The minimum absolute atomic E-state index is 0.00936. The van der Waals surface area contributed by atoms with Crippen molar-refractivity contribution >= 4 is 34.6 Å². The van der Waals surface area contributed by atoms with E-state index in [0.29, 0.717) is 18.9 Å². The fourth-order valence-corrected chi connectivity index (χ4v) is 4.05. The number of nitrogens with zero attached hydrogens (tertiary/aromatic N) is 1. The molecule has 9 nitrogen and oxygen atoms in total. The lowest BCUT2D eigenvalue weighted by Gasteiger charge is -2.46. The van der Waals surface area contributed by atoms with Gasteiger partial charge in [0.2, 0.25) is 0 Å². The molecule has 0 aliphatic carbocycles. The lowest BCUT2D eigenvalue weighted by Crippen LogP contribution is -2.49.